The van der Waals surface area contributed by atoms with Crippen molar-refractivity contribution in [2.45, 2.75) is 53.0 Å². The first kappa shape index (κ1) is 17.4. The summed E-state index contributed by atoms with van der Waals surface area (Å²) in [5.74, 6) is 0.855. The Balaban J connectivity index is 2.23. The molecule has 0 aliphatic carbocycles. The van der Waals surface area contributed by atoms with Gasteiger partial charge in [0.1, 0.15) is 11.9 Å². The number of benzene rings is 1. The van der Waals surface area contributed by atoms with Gasteiger partial charge in [-0.2, -0.15) is 0 Å². The van der Waals surface area contributed by atoms with Gasteiger partial charge >= 0.3 is 0 Å². The first-order valence-electron chi connectivity index (χ1n) is 9.18. The van der Waals surface area contributed by atoms with Crippen LogP contribution in [-0.2, 0) is 6.42 Å². The molecule has 1 atom stereocenters. The van der Waals surface area contributed by atoms with E-state index in [2.05, 4.69) is 74.9 Å². The molecule has 3 heteroatoms. The first-order valence-corrected chi connectivity index (χ1v) is 9.18. The van der Waals surface area contributed by atoms with Gasteiger partial charge in [0.2, 0.25) is 0 Å². The Labute approximate surface area is 150 Å². The van der Waals surface area contributed by atoms with Gasteiger partial charge in [0.25, 0.3) is 0 Å². The molecule has 0 radical (unpaired) electrons. The minimum absolute atomic E-state index is 0.00149. The van der Waals surface area contributed by atoms with Crippen LogP contribution in [0.2, 0.25) is 0 Å². The topological polar surface area (TPSA) is 40.5 Å². The van der Waals surface area contributed by atoms with Crippen molar-refractivity contribution in [3.8, 4) is 0 Å². The van der Waals surface area contributed by atoms with Crippen molar-refractivity contribution in [3.63, 3.8) is 0 Å². The molecule has 1 aliphatic heterocycles. The molecule has 2 heterocycles. The number of aromatic amines is 1. The molecule has 1 aliphatic rings. The molecule has 0 saturated carbocycles. The van der Waals surface area contributed by atoms with Crippen molar-refractivity contribution in [2.24, 2.45) is 9.98 Å². The lowest BCUT2D eigenvalue weighted by Crippen LogP contribution is -2.03. The van der Waals surface area contributed by atoms with E-state index in [4.69, 9.17) is 4.99 Å². The molecule has 0 bridgehead atoms. The van der Waals surface area contributed by atoms with Crippen LogP contribution < -0.4 is 0 Å². The standard InChI is InChI=1S/C22H27N3/c1-6-15-9-11-16(12-10-15)21-18-13-24-22(23-5)20(18)17(7-2)14(4)19(8-3)25-21/h9-13,21,24H,5-8H2,1-4H3. The van der Waals surface area contributed by atoms with E-state index in [1.807, 2.05) is 0 Å². The van der Waals surface area contributed by atoms with Crippen LogP contribution in [0.25, 0.3) is 5.57 Å². The van der Waals surface area contributed by atoms with Crippen molar-refractivity contribution in [2.75, 3.05) is 0 Å². The molecule has 3 rings (SSSR count). The summed E-state index contributed by atoms with van der Waals surface area (Å²) in [6, 6.07) is 8.85. The average Bonchev–Trinajstić information content (AvgIpc) is 3.02. The Bertz CT molecular complexity index is 835. The van der Waals surface area contributed by atoms with Crippen molar-refractivity contribution >= 4 is 23.8 Å². The van der Waals surface area contributed by atoms with E-state index < -0.39 is 0 Å². The van der Waals surface area contributed by atoms with Gasteiger partial charge in [-0.05, 0) is 55.2 Å². The fourth-order valence-corrected chi connectivity index (χ4v) is 3.76. The molecule has 0 amide bonds. The fourth-order valence-electron chi connectivity index (χ4n) is 3.76. The fraction of sp³-hybridized carbons (Fsp3) is 0.364. The number of allylic oxidation sites excluding steroid dienone is 2. The highest BCUT2D eigenvalue weighted by atomic mass is 14.9. The van der Waals surface area contributed by atoms with E-state index in [0.29, 0.717) is 0 Å². The van der Waals surface area contributed by atoms with Crippen LogP contribution >= 0.6 is 0 Å². The van der Waals surface area contributed by atoms with Crippen molar-refractivity contribution in [3.05, 3.63) is 58.3 Å². The molecule has 0 spiro atoms. The minimum atomic E-state index is 0.00149. The van der Waals surface area contributed by atoms with Crippen LogP contribution in [-0.4, -0.2) is 17.4 Å². The lowest BCUT2D eigenvalue weighted by molar-refractivity contribution is 0.866. The second-order valence-electron chi connectivity index (χ2n) is 6.51. The van der Waals surface area contributed by atoms with Crippen LogP contribution in [0.1, 0.15) is 68.8 Å². The maximum Gasteiger partial charge on any atom is 0.137 e. The maximum atomic E-state index is 5.16. The Hall–Kier alpha value is -2.42. The average molecular weight is 333 g/mol. The number of hydrogen-bond acceptors (Lipinski definition) is 2. The van der Waals surface area contributed by atoms with Crippen LogP contribution in [0, 0.1) is 0 Å². The van der Waals surface area contributed by atoms with Gasteiger partial charge in [-0.1, -0.05) is 45.0 Å². The third kappa shape index (κ3) is 2.99. The van der Waals surface area contributed by atoms with E-state index in [-0.39, 0.29) is 6.04 Å². The molecule has 2 aromatic rings. The summed E-state index contributed by atoms with van der Waals surface area (Å²) in [6.07, 6.45) is 5.00. The second-order valence-corrected chi connectivity index (χ2v) is 6.51. The van der Waals surface area contributed by atoms with Gasteiger partial charge in [0.05, 0.1) is 0 Å². The van der Waals surface area contributed by atoms with Crippen LogP contribution in [0.3, 0.4) is 0 Å². The summed E-state index contributed by atoms with van der Waals surface area (Å²) in [6.45, 7) is 12.5. The lowest BCUT2D eigenvalue weighted by atomic mass is 9.91. The van der Waals surface area contributed by atoms with Gasteiger partial charge in [-0.3, -0.25) is 4.99 Å². The number of aromatic nitrogens is 1. The SMILES string of the molecule is C=Nc1[nH]cc2c1C(CC)=C(C)C(CC)=NC2c1ccc(CC)cc1. The summed E-state index contributed by atoms with van der Waals surface area (Å²) < 4.78 is 0. The highest BCUT2D eigenvalue weighted by Crippen LogP contribution is 2.42. The predicted molar refractivity (Wildman–Crippen MR) is 108 cm³/mol. The highest BCUT2D eigenvalue weighted by Gasteiger charge is 2.27. The first-order chi connectivity index (χ1) is 12.1. The molecule has 3 nitrogen and oxygen atoms in total. The van der Waals surface area contributed by atoms with E-state index in [9.17, 15) is 0 Å². The Morgan fingerprint density at radius 1 is 1.08 bits per heavy atom. The molecule has 0 fully saturated rings. The molecule has 1 N–H and O–H groups in total. The molecular formula is C22H27N3. The lowest BCUT2D eigenvalue weighted by Gasteiger charge is -2.14. The summed E-state index contributed by atoms with van der Waals surface area (Å²) in [5, 5.41) is 0. The van der Waals surface area contributed by atoms with Crippen molar-refractivity contribution in [1.82, 2.24) is 4.98 Å². The minimum Gasteiger partial charge on any atom is -0.346 e. The number of aliphatic imine (C=N–C) groups is 2. The van der Waals surface area contributed by atoms with Gasteiger partial charge in [-0.25, -0.2) is 4.99 Å². The van der Waals surface area contributed by atoms with Gasteiger partial charge in [-0.15, -0.1) is 0 Å². The molecule has 130 valence electrons. The molecule has 1 aromatic heterocycles. The number of rotatable bonds is 5. The third-order valence-electron chi connectivity index (χ3n) is 5.21. The summed E-state index contributed by atoms with van der Waals surface area (Å²) >= 11 is 0. The largest absolute Gasteiger partial charge is 0.346 e. The predicted octanol–water partition coefficient (Wildman–Crippen LogP) is 6.05. The zero-order chi connectivity index (χ0) is 18.0. The summed E-state index contributed by atoms with van der Waals surface area (Å²) in [7, 11) is 0. The zero-order valence-electron chi connectivity index (χ0n) is 15.7. The number of aryl methyl sites for hydroxylation is 1. The van der Waals surface area contributed by atoms with E-state index in [0.717, 1.165) is 25.1 Å². The molecule has 1 aromatic carbocycles. The monoisotopic (exact) mass is 333 g/mol. The summed E-state index contributed by atoms with van der Waals surface area (Å²) in [5.41, 5.74) is 8.76. The second kappa shape index (κ2) is 7.22. The van der Waals surface area contributed by atoms with Crippen LogP contribution in [0.5, 0.6) is 0 Å². The van der Waals surface area contributed by atoms with E-state index in [1.165, 1.54) is 39.1 Å². The highest BCUT2D eigenvalue weighted by molar-refractivity contribution is 6.07. The van der Waals surface area contributed by atoms with Gasteiger partial charge < -0.3 is 4.98 Å². The van der Waals surface area contributed by atoms with E-state index >= 15 is 0 Å². The van der Waals surface area contributed by atoms with Crippen LogP contribution in [0.15, 0.2) is 46.0 Å². The van der Waals surface area contributed by atoms with Gasteiger partial charge in [0, 0.05) is 23.0 Å². The number of nitrogens with zero attached hydrogens (tertiary/aromatic N) is 2. The number of fused-ring (bicyclic) bond motifs is 1. The molecular weight excluding hydrogens is 306 g/mol. The van der Waals surface area contributed by atoms with Crippen LogP contribution in [0.4, 0.5) is 5.82 Å². The normalized spacial score (nSPS) is 17.1. The smallest absolute Gasteiger partial charge is 0.137 e. The third-order valence-corrected chi connectivity index (χ3v) is 5.21. The Kier molecular flexibility index (Phi) is 5.03. The number of H-pyrrole nitrogens is 1. The zero-order valence-corrected chi connectivity index (χ0v) is 15.7. The maximum absolute atomic E-state index is 5.16. The van der Waals surface area contributed by atoms with Gasteiger partial charge in [0.15, 0.2) is 0 Å². The summed E-state index contributed by atoms with van der Waals surface area (Å²) in [4.78, 5) is 12.7. The van der Waals surface area contributed by atoms with E-state index in [1.54, 1.807) is 0 Å². The van der Waals surface area contributed by atoms with Crippen molar-refractivity contribution < 1.29 is 0 Å². The molecule has 0 saturated heterocycles. The van der Waals surface area contributed by atoms with Crippen molar-refractivity contribution in [1.29, 1.82) is 0 Å². The number of hydrogen-bond donors (Lipinski definition) is 1. The molecule has 1 unspecified atom stereocenters. The Morgan fingerprint density at radius 3 is 2.36 bits per heavy atom. The quantitative estimate of drug-likeness (QED) is 0.647. The molecule has 25 heavy (non-hydrogen) atoms. The Morgan fingerprint density at radius 2 is 1.80 bits per heavy atom. The number of nitrogens with one attached hydrogen (secondary N) is 1.